The highest BCUT2D eigenvalue weighted by molar-refractivity contribution is 6.32. The Labute approximate surface area is 185 Å². The van der Waals surface area contributed by atoms with Crippen molar-refractivity contribution < 1.29 is 19.1 Å². The second kappa shape index (κ2) is 9.64. The number of hydrogen-bond acceptors (Lipinski definition) is 4. The molecule has 0 unspecified atom stereocenters. The summed E-state index contributed by atoms with van der Waals surface area (Å²) in [4.78, 5) is 25.1. The fourth-order valence-electron chi connectivity index (χ4n) is 3.24. The molecule has 1 fully saturated rings. The van der Waals surface area contributed by atoms with Crippen LogP contribution in [0.1, 0.15) is 23.2 Å². The predicted molar refractivity (Wildman–Crippen MR) is 120 cm³/mol. The maximum Gasteiger partial charge on any atom is 0.255 e. The molecule has 2 amide bonds. The van der Waals surface area contributed by atoms with Crippen molar-refractivity contribution in [1.82, 2.24) is 0 Å². The average Bonchev–Trinajstić information content (AvgIpc) is 3.32. The lowest BCUT2D eigenvalue weighted by molar-refractivity contribution is -0.124. The van der Waals surface area contributed by atoms with Crippen molar-refractivity contribution in [2.75, 3.05) is 17.2 Å². The molecule has 3 aromatic rings. The number of benzene rings is 3. The molecular weight excluding hydrogens is 416 g/mol. The van der Waals surface area contributed by atoms with Gasteiger partial charge in [-0.2, -0.15) is 0 Å². The van der Waals surface area contributed by atoms with E-state index < -0.39 is 6.10 Å². The van der Waals surface area contributed by atoms with E-state index in [-0.39, 0.29) is 11.8 Å². The monoisotopic (exact) mass is 436 g/mol. The Balaban J connectivity index is 1.47. The molecule has 1 atom stereocenters. The van der Waals surface area contributed by atoms with Gasteiger partial charge in [0.2, 0.25) is 0 Å². The molecule has 1 heterocycles. The Morgan fingerprint density at radius 1 is 0.935 bits per heavy atom. The van der Waals surface area contributed by atoms with Gasteiger partial charge in [0.25, 0.3) is 11.8 Å². The van der Waals surface area contributed by atoms with Crippen LogP contribution >= 0.6 is 11.6 Å². The van der Waals surface area contributed by atoms with Gasteiger partial charge in [-0.25, -0.2) is 0 Å². The largest absolute Gasteiger partial charge is 0.454 e. The lowest BCUT2D eigenvalue weighted by Crippen LogP contribution is -2.27. The van der Waals surface area contributed by atoms with Gasteiger partial charge in [-0.15, -0.1) is 0 Å². The highest BCUT2D eigenvalue weighted by Gasteiger charge is 2.23. The molecule has 2 N–H and O–H groups in total. The number of hydrogen-bond donors (Lipinski definition) is 2. The van der Waals surface area contributed by atoms with Crippen LogP contribution in [0.15, 0.2) is 72.8 Å². The van der Waals surface area contributed by atoms with Gasteiger partial charge in [-0.05, 0) is 55.3 Å². The van der Waals surface area contributed by atoms with Crippen molar-refractivity contribution in [3.05, 3.63) is 83.4 Å². The zero-order chi connectivity index (χ0) is 21.6. The minimum absolute atomic E-state index is 0.200. The van der Waals surface area contributed by atoms with E-state index in [9.17, 15) is 9.59 Å². The average molecular weight is 437 g/mol. The molecule has 0 radical (unpaired) electrons. The molecule has 6 nitrogen and oxygen atoms in total. The number of halogens is 1. The van der Waals surface area contributed by atoms with E-state index in [1.165, 1.54) is 0 Å². The second-order valence-corrected chi connectivity index (χ2v) is 7.46. The molecule has 31 heavy (non-hydrogen) atoms. The summed E-state index contributed by atoms with van der Waals surface area (Å²) in [6, 6.07) is 21.0. The molecule has 0 aliphatic carbocycles. The van der Waals surface area contributed by atoms with Crippen LogP contribution in [0.25, 0.3) is 0 Å². The number of carbonyl (C=O) groups is 2. The highest BCUT2D eigenvalue weighted by atomic mass is 35.5. The van der Waals surface area contributed by atoms with Crippen LogP contribution in [0.3, 0.4) is 0 Å². The van der Waals surface area contributed by atoms with Gasteiger partial charge < -0.3 is 20.1 Å². The summed E-state index contributed by atoms with van der Waals surface area (Å²) in [6.07, 6.45) is 1.14. The fraction of sp³-hybridized carbons (Fsp3) is 0.167. The summed E-state index contributed by atoms with van der Waals surface area (Å²) in [5.41, 5.74) is 1.44. The lowest BCUT2D eigenvalue weighted by Gasteiger charge is -2.14. The molecule has 7 heteroatoms. The Kier molecular flexibility index (Phi) is 6.50. The normalized spacial score (nSPS) is 15.3. The van der Waals surface area contributed by atoms with Gasteiger partial charge in [-0.1, -0.05) is 41.9 Å². The van der Waals surface area contributed by atoms with Crippen LogP contribution in [0.4, 0.5) is 11.4 Å². The lowest BCUT2D eigenvalue weighted by atomic mass is 10.1. The molecule has 1 aliphatic rings. The molecule has 0 aromatic heterocycles. The Bertz CT molecular complexity index is 1100. The van der Waals surface area contributed by atoms with Gasteiger partial charge in [0.1, 0.15) is 11.9 Å². The van der Waals surface area contributed by atoms with E-state index in [0.717, 1.165) is 6.42 Å². The number of carbonyl (C=O) groups excluding carboxylic acids is 2. The van der Waals surface area contributed by atoms with Crippen LogP contribution in [0.2, 0.25) is 5.02 Å². The first-order chi connectivity index (χ1) is 15.1. The SMILES string of the molecule is O=C(Nc1ccccc1Oc1ccccc1Cl)c1cccc(NC(=O)[C@H]2CCCO2)c1. The van der Waals surface area contributed by atoms with Crippen molar-refractivity contribution in [2.24, 2.45) is 0 Å². The molecule has 1 saturated heterocycles. The van der Waals surface area contributed by atoms with E-state index in [1.54, 1.807) is 54.6 Å². The summed E-state index contributed by atoms with van der Waals surface area (Å²) in [6.45, 7) is 0.593. The zero-order valence-corrected chi connectivity index (χ0v) is 17.4. The minimum Gasteiger partial charge on any atom is -0.454 e. The van der Waals surface area contributed by atoms with E-state index in [0.29, 0.717) is 46.5 Å². The smallest absolute Gasteiger partial charge is 0.255 e. The van der Waals surface area contributed by atoms with Crippen molar-refractivity contribution in [2.45, 2.75) is 18.9 Å². The molecule has 0 spiro atoms. The number of nitrogens with one attached hydrogen (secondary N) is 2. The van der Waals surface area contributed by atoms with Gasteiger partial charge in [-0.3, -0.25) is 9.59 Å². The third-order valence-corrected chi connectivity index (χ3v) is 5.12. The molecule has 0 saturated carbocycles. The first-order valence-corrected chi connectivity index (χ1v) is 10.3. The van der Waals surface area contributed by atoms with Gasteiger partial charge in [0.15, 0.2) is 5.75 Å². The van der Waals surface area contributed by atoms with Gasteiger partial charge in [0.05, 0.1) is 10.7 Å². The van der Waals surface area contributed by atoms with Crippen LogP contribution in [0, 0.1) is 0 Å². The number of ether oxygens (including phenoxy) is 2. The molecule has 3 aromatic carbocycles. The maximum atomic E-state index is 12.8. The van der Waals surface area contributed by atoms with E-state index in [1.807, 2.05) is 18.2 Å². The van der Waals surface area contributed by atoms with E-state index >= 15 is 0 Å². The summed E-state index contributed by atoms with van der Waals surface area (Å²) in [5.74, 6) is 0.425. The number of amides is 2. The molecule has 4 rings (SSSR count). The summed E-state index contributed by atoms with van der Waals surface area (Å²) < 4.78 is 11.3. The molecule has 158 valence electrons. The molecule has 0 bridgehead atoms. The Morgan fingerprint density at radius 3 is 2.48 bits per heavy atom. The number of rotatable bonds is 6. The quantitative estimate of drug-likeness (QED) is 0.534. The van der Waals surface area contributed by atoms with Crippen molar-refractivity contribution in [1.29, 1.82) is 0 Å². The third kappa shape index (κ3) is 5.23. The second-order valence-electron chi connectivity index (χ2n) is 7.05. The van der Waals surface area contributed by atoms with Crippen LogP contribution in [0.5, 0.6) is 11.5 Å². The van der Waals surface area contributed by atoms with Gasteiger partial charge in [0, 0.05) is 17.9 Å². The topological polar surface area (TPSA) is 76.7 Å². The van der Waals surface area contributed by atoms with E-state index in [2.05, 4.69) is 10.6 Å². The predicted octanol–water partition coefficient (Wildman–Crippen LogP) is 5.50. The zero-order valence-electron chi connectivity index (χ0n) is 16.6. The van der Waals surface area contributed by atoms with Crippen molar-refractivity contribution in [3.63, 3.8) is 0 Å². The van der Waals surface area contributed by atoms with Crippen LogP contribution < -0.4 is 15.4 Å². The Morgan fingerprint density at radius 2 is 1.71 bits per heavy atom. The molecule has 1 aliphatic heterocycles. The maximum absolute atomic E-state index is 12.8. The summed E-state index contributed by atoms with van der Waals surface area (Å²) in [5, 5.41) is 6.14. The summed E-state index contributed by atoms with van der Waals surface area (Å²) >= 11 is 6.18. The first-order valence-electron chi connectivity index (χ1n) is 9.95. The minimum atomic E-state index is -0.439. The van der Waals surface area contributed by atoms with Gasteiger partial charge >= 0.3 is 0 Å². The standard InChI is InChI=1S/C24H21ClN2O4/c25-18-9-1-3-11-20(18)31-21-12-4-2-10-19(21)27-23(28)16-7-5-8-17(15-16)26-24(29)22-13-6-14-30-22/h1-5,7-12,15,22H,6,13-14H2,(H,26,29)(H,27,28)/t22-/m1/s1. The van der Waals surface area contributed by atoms with E-state index in [4.69, 9.17) is 21.1 Å². The van der Waals surface area contributed by atoms with Crippen molar-refractivity contribution >= 4 is 34.8 Å². The number of para-hydroxylation sites is 3. The first kappa shape index (κ1) is 20.9. The van der Waals surface area contributed by atoms with Crippen LogP contribution in [-0.4, -0.2) is 24.5 Å². The Hall–Kier alpha value is -3.35. The number of anilines is 2. The van der Waals surface area contributed by atoms with Crippen molar-refractivity contribution in [3.8, 4) is 11.5 Å². The van der Waals surface area contributed by atoms with Crippen LogP contribution in [-0.2, 0) is 9.53 Å². The summed E-state index contributed by atoms with van der Waals surface area (Å²) in [7, 11) is 0. The third-order valence-electron chi connectivity index (χ3n) is 4.81. The highest BCUT2D eigenvalue weighted by Crippen LogP contribution is 2.33. The molecular formula is C24H21ClN2O4. The fourth-order valence-corrected chi connectivity index (χ4v) is 3.42.